The van der Waals surface area contributed by atoms with Gasteiger partial charge in [0, 0.05) is 13.1 Å². The van der Waals surface area contributed by atoms with Gasteiger partial charge < -0.3 is 14.6 Å². The smallest absolute Gasteiger partial charge is 0.230 e. The molecule has 30 heavy (non-hydrogen) atoms. The first-order valence-electron chi connectivity index (χ1n) is 9.74. The van der Waals surface area contributed by atoms with Crippen molar-refractivity contribution in [1.82, 2.24) is 20.1 Å². The lowest BCUT2D eigenvalue weighted by Gasteiger charge is -2.13. The number of thioether (sulfide) groups is 1. The monoisotopic (exact) mass is 444 g/mol. The number of amides is 1. The first-order chi connectivity index (χ1) is 14.5. The summed E-state index contributed by atoms with van der Waals surface area (Å²) in [5.41, 5.74) is 1.28. The molecule has 1 amide bonds. The molecule has 0 radical (unpaired) electrons. The number of nitrogens with one attached hydrogen (secondary N) is 1. The van der Waals surface area contributed by atoms with Crippen molar-refractivity contribution in [2.24, 2.45) is 7.05 Å². The summed E-state index contributed by atoms with van der Waals surface area (Å²) in [5.74, 6) is 1.53. The molecule has 1 atom stereocenters. The van der Waals surface area contributed by atoms with E-state index in [0.717, 1.165) is 12.8 Å². The summed E-state index contributed by atoms with van der Waals surface area (Å²) in [6.07, 6.45) is 1.83. The highest BCUT2D eigenvalue weighted by molar-refractivity contribution is 7.99. The van der Waals surface area contributed by atoms with Crippen molar-refractivity contribution in [2.45, 2.75) is 37.6 Å². The van der Waals surface area contributed by atoms with Crippen LogP contribution in [-0.4, -0.2) is 32.5 Å². The van der Waals surface area contributed by atoms with Crippen molar-refractivity contribution < 1.29 is 9.53 Å². The highest BCUT2D eigenvalue weighted by Gasteiger charge is 2.14. The maximum atomic E-state index is 12.3. The molecule has 1 N–H and O–H groups in total. The molecule has 0 saturated carbocycles. The Hall–Kier alpha value is -2.51. The van der Waals surface area contributed by atoms with Crippen molar-refractivity contribution in [3.05, 3.63) is 71.0 Å². The van der Waals surface area contributed by atoms with E-state index in [1.54, 1.807) is 12.1 Å². The highest BCUT2D eigenvalue weighted by atomic mass is 35.5. The quantitative estimate of drug-likeness (QED) is 0.473. The summed E-state index contributed by atoms with van der Waals surface area (Å²) >= 11 is 7.46. The molecule has 3 aromatic rings. The second-order valence-corrected chi connectivity index (χ2v) is 8.31. The van der Waals surface area contributed by atoms with Gasteiger partial charge in [-0.05, 0) is 37.5 Å². The Kier molecular flexibility index (Phi) is 8.16. The molecule has 8 heteroatoms. The van der Waals surface area contributed by atoms with E-state index in [-0.39, 0.29) is 24.3 Å². The number of nitrogens with zero attached hydrogens (tertiary/aromatic N) is 3. The van der Waals surface area contributed by atoms with E-state index >= 15 is 0 Å². The minimum absolute atomic E-state index is 0.0163. The van der Waals surface area contributed by atoms with Gasteiger partial charge in [-0.25, -0.2) is 0 Å². The standard InChI is InChI=1S/C22H25ClN4O2S/c1-16(12-13-17-8-4-3-5-9-17)24-21(28)15-30-22-26-25-20(27(22)2)14-29-19-11-7-6-10-18(19)23/h3-11,16H,12-15H2,1-2H3,(H,24,28). The Balaban J connectivity index is 1.43. The van der Waals surface area contributed by atoms with E-state index in [1.807, 2.05) is 48.9 Å². The predicted molar refractivity (Wildman–Crippen MR) is 120 cm³/mol. The summed E-state index contributed by atoms with van der Waals surface area (Å²) < 4.78 is 7.54. The molecule has 1 heterocycles. The van der Waals surface area contributed by atoms with Crippen molar-refractivity contribution >= 4 is 29.3 Å². The molecule has 3 rings (SSSR count). The summed E-state index contributed by atoms with van der Waals surface area (Å²) in [7, 11) is 1.86. The molecule has 0 aliphatic rings. The Morgan fingerprint density at radius 3 is 2.67 bits per heavy atom. The van der Waals surface area contributed by atoms with Crippen LogP contribution in [-0.2, 0) is 24.9 Å². The number of carbonyl (C=O) groups is 1. The number of hydrogen-bond acceptors (Lipinski definition) is 5. The number of benzene rings is 2. The van der Waals surface area contributed by atoms with Crippen molar-refractivity contribution in [3.8, 4) is 5.75 Å². The molecular formula is C22H25ClN4O2S. The van der Waals surface area contributed by atoms with Crippen LogP contribution in [0.15, 0.2) is 59.8 Å². The fourth-order valence-corrected chi connectivity index (χ4v) is 3.78. The van der Waals surface area contributed by atoms with Gasteiger partial charge in [0.2, 0.25) is 5.91 Å². The average Bonchev–Trinajstić information content (AvgIpc) is 3.10. The van der Waals surface area contributed by atoms with Gasteiger partial charge in [-0.2, -0.15) is 0 Å². The zero-order chi connectivity index (χ0) is 21.3. The molecule has 0 aliphatic carbocycles. The molecule has 0 aliphatic heterocycles. The number of hydrogen-bond donors (Lipinski definition) is 1. The lowest BCUT2D eigenvalue weighted by molar-refractivity contribution is -0.119. The first kappa shape index (κ1) is 22.2. The molecular weight excluding hydrogens is 420 g/mol. The van der Waals surface area contributed by atoms with Crippen LogP contribution in [0.4, 0.5) is 0 Å². The molecule has 0 fully saturated rings. The van der Waals surface area contributed by atoms with Crippen LogP contribution >= 0.6 is 23.4 Å². The summed E-state index contributed by atoms with van der Waals surface area (Å²) in [6.45, 7) is 2.27. The van der Waals surface area contributed by atoms with E-state index in [2.05, 4.69) is 27.6 Å². The van der Waals surface area contributed by atoms with Gasteiger partial charge in [-0.1, -0.05) is 65.8 Å². The minimum atomic E-state index is -0.0163. The van der Waals surface area contributed by atoms with Crippen molar-refractivity contribution in [3.63, 3.8) is 0 Å². The predicted octanol–water partition coefficient (Wildman–Crippen LogP) is 4.28. The number of aryl methyl sites for hydroxylation is 1. The maximum absolute atomic E-state index is 12.3. The number of halogens is 1. The molecule has 1 unspecified atom stereocenters. The zero-order valence-electron chi connectivity index (χ0n) is 17.0. The van der Waals surface area contributed by atoms with Crippen LogP contribution < -0.4 is 10.1 Å². The van der Waals surface area contributed by atoms with Crippen LogP contribution in [0.2, 0.25) is 5.02 Å². The minimum Gasteiger partial charge on any atom is -0.484 e. The second-order valence-electron chi connectivity index (χ2n) is 6.96. The third-order valence-corrected chi connectivity index (χ3v) is 5.90. The fraction of sp³-hybridized carbons (Fsp3) is 0.318. The summed E-state index contributed by atoms with van der Waals surface area (Å²) in [6, 6.07) is 17.7. The number of aromatic nitrogens is 3. The lowest BCUT2D eigenvalue weighted by Crippen LogP contribution is -2.34. The highest BCUT2D eigenvalue weighted by Crippen LogP contribution is 2.24. The van der Waals surface area contributed by atoms with Crippen LogP contribution in [0, 0.1) is 0 Å². The molecule has 158 valence electrons. The van der Waals surface area contributed by atoms with Gasteiger partial charge in [0.05, 0.1) is 10.8 Å². The van der Waals surface area contributed by atoms with E-state index in [9.17, 15) is 4.79 Å². The van der Waals surface area contributed by atoms with Gasteiger partial charge in [-0.15, -0.1) is 10.2 Å². The Labute approximate surface area is 186 Å². The number of ether oxygens (including phenoxy) is 1. The first-order valence-corrected chi connectivity index (χ1v) is 11.1. The van der Waals surface area contributed by atoms with E-state index in [4.69, 9.17) is 16.3 Å². The van der Waals surface area contributed by atoms with Crippen LogP contribution in [0.3, 0.4) is 0 Å². The molecule has 2 aromatic carbocycles. The molecule has 6 nitrogen and oxygen atoms in total. The summed E-state index contributed by atoms with van der Waals surface area (Å²) in [4.78, 5) is 12.3. The van der Waals surface area contributed by atoms with E-state index in [1.165, 1.54) is 17.3 Å². The van der Waals surface area contributed by atoms with Crippen molar-refractivity contribution in [1.29, 1.82) is 0 Å². The molecule has 0 saturated heterocycles. The Bertz CT molecular complexity index is 965. The number of rotatable bonds is 10. The summed E-state index contributed by atoms with van der Waals surface area (Å²) in [5, 5.41) is 12.6. The van der Waals surface area contributed by atoms with E-state index in [0.29, 0.717) is 21.8 Å². The lowest BCUT2D eigenvalue weighted by atomic mass is 10.1. The number of carbonyl (C=O) groups excluding carboxylic acids is 1. The normalized spacial score (nSPS) is 11.8. The van der Waals surface area contributed by atoms with Crippen LogP contribution in [0.25, 0.3) is 0 Å². The topological polar surface area (TPSA) is 69.0 Å². The SMILES string of the molecule is CC(CCc1ccccc1)NC(=O)CSc1nnc(COc2ccccc2Cl)n1C. The molecule has 0 bridgehead atoms. The third kappa shape index (κ3) is 6.50. The van der Waals surface area contributed by atoms with E-state index < -0.39 is 0 Å². The molecule has 0 spiro atoms. The number of para-hydroxylation sites is 1. The van der Waals surface area contributed by atoms with Crippen molar-refractivity contribution in [2.75, 3.05) is 5.75 Å². The van der Waals surface area contributed by atoms with Crippen LogP contribution in [0.5, 0.6) is 5.75 Å². The largest absolute Gasteiger partial charge is 0.484 e. The van der Waals surface area contributed by atoms with Gasteiger partial charge in [0.1, 0.15) is 12.4 Å². The molecule has 1 aromatic heterocycles. The third-order valence-electron chi connectivity index (χ3n) is 4.57. The van der Waals surface area contributed by atoms with Crippen LogP contribution in [0.1, 0.15) is 24.7 Å². The van der Waals surface area contributed by atoms with Gasteiger partial charge in [0.15, 0.2) is 11.0 Å². The average molecular weight is 445 g/mol. The zero-order valence-corrected chi connectivity index (χ0v) is 18.6. The fourth-order valence-electron chi connectivity index (χ4n) is 2.85. The maximum Gasteiger partial charge on any atom is 0.230 e. The Morgan fingerprint density at radius 1 is 1.17 bits per heavy atom. The van der Waals surface area contributed by atoms with Gasteiger partial charge >= 0.3 is 0 Å². The second kappa shape index (κ2) is 11.0. The van der Waals surface area contributed by atoms with Gasteiger partial charge in [-0.3, -0.25) is 4.79 Å². The van der Waals surface area contributed by atoms with Gasteiger partial charge in [0.25, 0.3) is 0 Å². The Morgan fingerprint density at radius 2 is 1.90 bits per heavy atom.